The molecule has 0 saturated carbocycles. The minimum Gasteiger partial charge on any atom is -0.310 e. The number of hydrogen-bond acceptors (Lipinski definition) is 2. The molecule has 0 aromatic heterocycles. The second-order valence-electron chi connectivity index (χ2n) is 25.0. The van der Waals surface area contributed by atoms with E-state index in [2.05, 4.69) is 304 Å². The Bertz CT molecular complexity index is 4180. The molecule has 0 heterocycles. The minimum absolute atomic E-state index is 0.0271. The van der Waals surface area contributed by atoms with Gasteiger partial charge in [0.05, 0.1) is 0 Å². The van der Waals surface area contributed by atoms with Crippen molar-refractivity contribution < 1.29 is 0 Å². The fourth-order valence-corrected chi connectivity index (χ4v) is 13.2. The van der Waals surface area contributed by atoms with Gasteiger partial charge in [-0.05, 0) is 210 Å². The Balaban J connectivity index is 1.14. The van der Waals surface area contributed by atoms with E-state index in [1.807, 2.05) is 0 Å². The molecule has 2 nitrogen and oxygen atoms in total. The first-order valence-corrected chi connectivity index (χ1v) is 28.4. The lowest BCUT2D eigenvalue weighted by atomic mass is 9.79. The Hall–Kier alpha value is -8.46. The van der Waals surface area contributed by atoms with Crippen LogP contribution in [0.1, 0.15) is 113 Å². The van der Waals surface area contributed by atoms with Crippen molar-refractivity contribution in [2.75, 3.05) is 9.80 Å². The van der Waals surface area contributed by atoms with Crippen molar-refractivity contribution in [2.24, 2.45) is 0 Å². The zero-order chi connectivity index (χ0) is 54.7. The predicted octanol–water partition coefficient (Wildman–Crippen LogP) is 21.9. The summed E-state index contributed by atoms with van der Waals surface area (Å²) in [7, 11) is 0. The van der Waals surface area contributed by atoms with Gasteiger partial charge in [0.25, 0.3) is 0 Å². The van der Waals surface area contributed by atoms with Crippen LogP contribution < -0.4 is 9.80 Å². The monoisotopic (exact) mass is 1020 g/mol. The number of benzene rings is 11. The van der Waals surface area contributed by atoms with E-state index in [1.165, 1.54) is 111 Å². The molecule has 0 spiro atoms. The Kier molecular flexibility index (Phi) is 11.8. The van der Waals surface area contributed by atoms with E-state index in [9.17, 15) is 0 Å². The molecule has 11 aromatic carbocycles. The van der Waals surface area contributed by atoms with Crippen LogP contribution in [0.25, 0.3) is 66.1 Å². The molecule has 13 rings (SSSR count). The first-order valence-electron chi connectivity index (χ1n) is 28.4. The smallest absolute Gasteiger partial charge is 0.0468 e. The van der Waals surface area contributed by atoms with Gasteiger partial charge in [-0.25, -0.2) is 0 Å². The topological polar surface area (TPSA) is 6.48 Å². The van der Waals surface area contributed by atoms with Crippen molar-refractivity contribution >= 4 is 55.7 Å². The Morgan fingerprint density at radius 3 is 1.09 bits per heavy atom. The van der Waals surface area contributed by atoms with Crippen LogP contribution in [0.2, 0.25) is 0 Å². The van der Waals surface area contributed by atoms with Crippen LogP contribution in [0.15, 0.2) is 218 Å². The summed E-state index contributed by atoms with van der Waals surface area (Å²) < 4.78 is 0. The quantitative estimate of drug-likeness (QED) is 0.133. The molecule has 0 N–H and O–H groups in total. The van der Waals surface area contributed by atoms with E-state index in [4.69, 9.17) is 0 Å². The summed E-state index contributed by atoms with van der Waals surface area (Å²) in [5.74, 6) is 0.430. The maximum Gasteiger partial charge on any atom is 0.0468 e. The number of fused-ring (bicyclic) bond motifs is 8. The highest BCUT2D eigenvalue weighted by Gasteiger charge is 2.37. The van der Waals surface area contributed by atoms with Crippen molar-refractivity contribution in [3.05, 3.63) is 263 Å². The summed E-state index contributed by atoms with van der Waals surface area (Å²) in [6, 6.07) is 83.7. The van der Waals surface area contributed by atoms with E-state index in [1.54, 1.807) is 0 Å². The summed E-state index contributed by atoms with van der Waals surface area (Å²) in [5, 5.41) is 4.87. The summed E-state index contributed by atoms with van der Waals surface area (Å²) in [6.45, 7) is 25.4. The third kappa shape index (κ3) is 8.30. The Morgan fingerprint density at radius 1 is 0.342 bits per heavy atom. The molecule has 0 fully saturated rings. The molecular formula is C77H70N2. The highest BCUT2D eigenvalue weighted by Crippen LogP contribution is 2.55. The molecule has 79 heavy (non-hydrogen) atoms. The second-order valence-corrected chi connectivity index (χ2v) is 25.0. The summed E-state index contributed by atoms with van der Waals surface area (Å²) in [5.41, 5.74) is 27.2. The van der Waals surface area contributed by atoms with Crippen LogP contribution in [0.3, 0.4) is 0 Å². The van der Waals surface area contributed by atoms with Gasteiger partial charge in [-0.15, -0.1) is 0 Å². The van der Waals surface area contributed by atoms with Crippen molar-refractivity contribution in [2.45, 2.75) is 98.3 Å². The third-order valence-electron chi connectivity index (χ3n) is 17.7. The van der Waals surface area contributed by atoms with Crippen LogP contribution in [-0.2, 0) is 16.2 Å². The molecule has 2 heteroatoms. The lowest BCUT2D eigenvalue weighted by molar-refractivity contribution is 0.590. The fourth-order valence-electron chi connectivity index (χ4n) is 13.2. The molecule has 0 atom stereocenters. The van der Waals surface area contributed by atoms with E-state index >= 15 is 0 Å². The largest absolute Gasteiger partial charge is 0.310 e. The lowest BCUT2D eigenvalue weighted by Crippen LogP contribution is -2.15. The zero-order valence-electron chi connectivity index (χ0n) is 47.8. The molecule has 0 aliphatic heterocycles. The maximum atomic E-state index is 2.52. The Morgan fingerprint density at radius 2 is 0.696 bits per heavy atom. The fraction of sp³-hybridized carbons (Fsp3) is 0.195. The van der Waals surface area contributed by atoms with Crippen molar-refractivity contribution in [1.82, 2.24) is 0 Å². The van der Waals surface area contributed by atoms with Crippen LogP contribution in [-0.4, -0.2) is 0 Å². The zero-order valence-corrected chi connectivity index (χ0v) is 47.8. The van der Waals surface area contributed by atoms with E-state index < -0.39 is 0 Å². The Labute approximate surface area is 468 Å². The number of hydrogen-bond donors (Lipinski definition) is 0. The standard InChI is InChI=1S/C77H70N2/c1-48(2)51-24-34-57(35-25-51)78(55-30-20-49(3)21-31-55)59-38-42-65-67(46-59)73(52-26-40-63-61-16-12-14-18-69(61)76(8,9)71(63)44-52)66-43-39-60(79(56-32-22-50(4)23-33-56)58-36-28-54(29-37-58)75(5,6)7)47-68(66)74(65)53-27-41-64-62-17-13-15-19-70(62)77(10,11)72(64)45-53/h12-48H,1-11H3. The molecule has 0 unspecified atom stereocenters. The average Bonchev–Trinajstić information content (AvgIpc) is 4.10. The predicted molar refractivity (Wildman–Crippen MR) is 339 cm³/mol. The number of nitrogens with zero attached hydrogens (tertiary/aromatic N) is 2. The van der Waals surface area contributed by atoms with Crippen LogP contribution >= 0.6 is 0 Å². The van der Waals surface area contributed by atoms with Crippen LogP contribution in [0.4, 0.5) is 34.1 Å². The van der Waals surface area contributed by atoms with Gasteiger partial charge in [-0.1, -0.05) is 207 Å². The van der Waals surface area contributed by atoms with E-state index in [0.29, 0.717) is 5.92 Å². The van der Waals surface area contributed by atoms with Gasteiger partial charge >= 0.3 is 0 Å². The van der Waals surface area contributed by atoms with Crippen molar-refractivity contribution in [1.29, 1.82) is 0 Å². The summed E-state index contributed by atoms with van der Waals surface area (Å²) >= 11 is 0. The molecule has 0 amide bonds. The van der Waals surface area contributed by atoms with Gasteiger partial charge in [0.1, 0.15) is 0 Å². The second kappa shape index (κ2) is 18.6. The van der Waals surface area contributed by atoms with Gasteiger partial charge in [0.2, 0.25) is 0 Å². The summed E-state index contributed by atoms with van der Waals surface area (Å²) in [6.07, 6.45) is 0. The molecule has 0 bridgehead atoms. The SMILES string of the molecule is Cc1ccc(N(c2ccc(C(C)C)cc2)c2ccc3c(-c4ccc5c(c4)C(C)(C)c4ccccc4-5)c4cc(N(c5ccc(C)cc5)c5ccc(C(C)(C)C)cc5)ccc4c(-c4ccc5c(c4)C(C)(C)c4ccccc4-5)c3c2)cc1. The minimum atomic E-state index is -0.179. The maximum absolute atomic E-state index is 2.52. The molecule has 0 radical (unpaired) electrons. The normalized spacial score (nSPS) is 13.8. The van der Waals surface area contributed by atoms with Crippen LogP contribution in [0.5, 0.6) is 0 Å². The van der Waals surface area contributed by atoms with Gasteiger partial charge in [0.15, 0.2) is 0 Å². The highest BCUT2D eigenvalue weighted by atomic mass is 15.1. The first-order chi connectivity index (χ1) is 37.9. The number of aryl methyl sites for hydroxylation is 2. The summed E-state index contributed by atoms with van der Waals surface area (Å²) in [4.78, 5) is 4.89. The van der Waals surface area contributed by atoms with Gasteiger partial charge in [-0.3, -0.25) is 0 Å². The van der Waals surface area contributed by atoms with Crippen molar-refractivity contribution in [3.8, 4) is 44.5 Å². The third-order valence-corrected chi connectivity index (χ3v) is 17.7. The molecule has 0 saturated heterocycles. The number of anilines is 6. The van der Waals surface area contributed by atoms with E-state index in [0.717, 1.165) is 34.1 Å². The molecule has 388 valence electrons. The lowest BCUT2D eigenvalue weighted by Gasteiger charge is -2.29. The van der Waals surface area contributed by atoms with Crippen LogP contribution in [0, 0.1) is 13.8 Å². The van der Waals surface area contributed by atoms with Gasteiger partial charge in [-0.2, -0.15) is 0 Å². The highest BCUT2D eigenvalue weighted by molar-refractivity contribution is 6.23. The van der Waals surface area contributed by atoms with Gasteiger partial charge in [0, 0.05) is 45.0 Å². The molecule has 2 aliphatic carbocycles. The molecule has 2 aliphatic rings. The van der Waals surface area contributed by atoms with Crippen molar-refractivity contribution in [3.63, 3.8) is 0 Å². The molecule has 11 aromatic rings. The molecular weight excluding hydrogens is 953 g/mol. The average molecular weight is 1020 g/mol. The first kappa shape index (κ1) is 50.1. The van der Waals surface area contributed by atoms with Gasteiger partial charge < -0.3 is 9.80 Å². The van der Waals surface area contributed by atoms with E-state index in [-0.39, 0.29) is 16.2 Å². The number of rotatable bonds is 9.